The van der Waals surface area contributed by atoms with E-state index < -0.39 is 12.0 Å². The minimum Gasteiger partial charge on any atom is -0.493 e. The van der Waals surface area contributed by atoms with E-state index in [1.54, 1.807) is 31.6 Å². The fourth-order valence-corrected chi connectivity index (χ4v) is 5.93. The average Bonchev–Trinajstić information content (AvgIpc) is 3.19. The minimum atomic E-state index is -0.777. The van der Waals surface area contributed by atoms with Gasteiger partial charge in [-0.2, -0.15) is 0 Å². The number of methoxy groups -OCH3 is 1. The lowest BCUT2D eigenvalue weighted by atomic mass is 9.95. The molecule has 0 radical (unpaired) electrons. The van der Waals surface area contributed by atoms with Crippen molar-refractivity contribution in [2.45, 2.75) is 46.8 Å². The topological polar surface area (TPSA) is 88.4 Å². The molecule has 0 fully saturated rings. The predicted octanol–water partition coefficient (Wildman–Crippen LogP) is 4.76. The molecule has 0 bridgehead atoms. The minimum absolute atomic E-state index is 0.110. The number of para-hydroxylation sites is 1. The smallest absolute Gasteiger partial charge is 0.338 e. The van der Waals surface area contributed by atoms with Crippen LogP contribution in [0.4, 0.5) is 0 Å². The van der Waals surface area contributed by atoms with Gasteiger partial charge in [-0.25, -0.2) is 9.79 Å². The lowest BCUT2D eigenvalue weighted by molar-refractivity contribution is -0.139. The highest BCUT2D eigenvalue weighted by Gasteiger charge is 2.35. The first-order valence-corrected chi connectivity index (χ1v) is 14.3. The van der Waals surface area contributed by atoms with Gasteiger partial charge >= 0.3 is 5.97 Å². The second-order valence-electron chi connectivity index (χ2n) is 8.97. The normalized spacial score (nSPS) is 15.2. The number of thiazole rings is 1. The molecule has 3 aromatic rings. The van der Waals surface area contributed by atoms with E-state index in [4.69, 9.17) is 18.9 Å². The lowest BCUT2D eigenvalue weighted by Crippen LogP contribution is -2.40. The molecule has 1 atom stereocenters. The molecule has 0 saturated heterocycles. The van der Waals surface area contributed by atoms with E-state index in [-0.39, 0.29) is 18.3 Å². The molecule has 39 heavy (non-hydrogen) atoms. The van der Waals surface area contributed by atoms with Crippen molar-refractivity contribution in [2.75, 3.05) is 20.3 Å². The number of carbonyl (C=O) groups excluding carboxylic acids is 1. The zero-order valence-corrected chi connectivity index (χ0v) is 25.1. The summed E-state index contributed by atoms with van der Waals surface area (Å²) in [5.41, 5.74) is 1.85. The Kier molecular flexibility index (Phi) is 8.97. The number of benzene rings is 2. The number of aromatic nitrogens is 1. The Bertz CT molecular complexity index is 1600. The van der Waals surface area contributed by atoms with Crippen molar-refractivity contribution in [2.24, 2.45) is 4.99 Å². The molecule has 1 aliphatic rings. The van der Waals surface area contributed by atoms with Gasteiger partial charge in [-0.1, -0.05) is 45.5 Å². The second kappa shape index (κ2) is 12.2. The lowest BCUT2D eigenvalue weighted by Gasteiger charge is -2.26. The van der Waals surface area contributed by atoms with Crippen molar-refractivity contribution in [1.82, 2.24) is 4.57 Å². The largest absolute Gasteiger partial charge is 0.493 e. The van der Waals surface area contributed by atoms with Crippen LogP contribution in [-0.2, 0) is 9.53 Å². The van der Waals surface area contributed by atoms with Crippen LogP contribution in [0.3, 0.4) is 0 Å². The van der Waals surface area contributed by atoms with Gasteiger partial charge in [-0.3, -0.25) is 9.36 Å². The summed E-state index contributed by atoms with van der Waals surface area (Å²) in [5, 5.41) is 0. The zero-order valence-electron chi connectivity index (χ0n) is 22.7. The fraction of sp³-hybridized carbons (Fsp3) is 0.345. The molecule has 4 rings (SSSR count). The van der Waals surface area contributed by atoms with Gasteiger partial charge in [0.1, 0.15) is 11.8 Å². The van der Waals surface area contributed by atoms with E-state index in [0.717, 1.165) is 4.47 Å². The Balaban J connectivity index is 2.01. The zero-order chi connectivity index (χ0) is 28.3. The standard InChI is InChI=1S/C29H31BrN2O6S/c1-7-36-26-18(13-19(30)15-22(26)35-6)14-23-27(33)32-25(20-11-9-10-12-21(20)38-16(3)4)24(28(34)37-8-2)17(5)31-29(32)39-23/h9-16,25H,7-8H2,1-6H3/b23-14-/t25-/m0/s1. The molecular weight excluding hydrogens is 584 g/mol. The van der Waals surface area contributed by atoms with Crippen molar-refractivity contribution in [3.05, 3.63) is 83.0 Å². The molecule has 206 valence electrons. The average molecular weight is 616 g/mol. The van der Waals surface area contributed by atoms with Crippen LogP contribution in [0.2, 0.25) is 0 Å². The summed E-state index contributed by atoms with van der Waals surface area (Å²) >= 11 is 4.76. The summed E-state index contributed by atoms with van der Waals surface area (Å²) in [6.07, 6.45) is 1.65. The number of halogens is 1. The molecule has 0 N–H and O–H groups in total. The molecule has 2 aromatic carbocycles. The molecule has 0 amide bonds. The third kappa shape index (κ3) is 5.81. The van der Waals surface area contributed by atoms with Gasteiger partial charge in [0.15, 0.2) is 16.3 Å². The third-order valence-corrected chi connectivity index (χ3v) is 7.38. The number of carbonyl (C=O) groups is 1. The van der Waals surface area contributed by atoms with Crippen molar-refractivity contribution < 1.29 is 23.7 Å². The number of hydrogen-bond donors (Lipinski definition) is 0. The molecule has 0 unspecified atom stereocenters. The Morgan fingerprint density at radius 2 is 1.92 bits per heavy atom. The van der Waals surface area contributed by atoms with Gasteiger partial charge in [-0.05, 0) is 58.9 Å². The maximum Gasteiger partial charge on any atom is 0.338 e. The van der Waals surface area contributed by atoms with Crippen LogP contribution in [0.15, 0.2) is 61.9 Å². The summed E-state index contributed by atoms with van der Waals surface area (Å²) in [4.78, 5) is 32.4. The number of allylic oxidation sites excluding steroid dienone is 1. The summed E-state index contributed by atoms with van der Waals surface area (Å²) in [5.74, 6) is 1.14. The third-order valence-electron chi connectivity index (χ3n) is 5.94. The number of fused-ring (bicyclic) bond motifs is 1. The first kappa shape index (κ1) is 28.6. The molecule has 2 heterocycles. The van der Waals surface area contributed by atoms with Crippen molar-refractivity contribution in [3.8, 4) is 17.2 Å². The van der Waals surface area contributed by atoms with Gasteiger partial charge < -0.3 is 18.9 Å². The highest BCUT2D eigenvalue weighted by molar-refractivity contribution is 9.10. The number of hydrogen-bond acceptors (Lipinski definition) is 8. The molecule has 0 aliphatic carbocycles. The van der Waals surface area contributed by atoms with Gasteiger partial charge in [0.05, 0.1) is 42.2 Å². The molecule has 1 aromatic heterocycles. The van der Waals surface area contributed by atoms with Gasteiger partial charge in [-0.15, -0.1) is 0 Å². The maximum atomic E-state index is 14.1. The maximum absolute atomic E-state index is 14.1. The fourth-order valence-electron chi connectivity index (χ4n) is 4.44. The van der Waals surface area contributed by atoms with E-state index in [1.807, 2.05) is 57.2 Å². The molecule has 8 nitrogen and oxygen atoms in total. The molecule has 0 saturated carbocycles. The first-order valence-electron chi connectivity index (χ1n) is 12.7. The summed E-state index contributed by atoms with van der Waals surface area (Å²) in [7, 11) is 1.57. The van der Waals surface area contributed by atoms with E-state index >= 15 is 0 Å². The van der Waals surface area contributed by atoms with Crippen molar-refractivity contribution >= 4 is 39.3 Å². The van der Waals surface area contributed by atoms with Crippen LogP contribution in [0.1, 0.15) is 51.8 Å². The Morgan fingerprint density at radius 3 is 2.59 bits per heavy atom. The summed E-state index contributed by atoms with van der Waals surface area (Å²) in [6, 6.07) is 10.3. The predicted molar refractivity (Wildman–Crippen MR) is 154 cm³/mol. The van der Waals surface area contributed by atoms with Crippen LogP contribution in [0, 0.1) is 0 Å². The monoisotopic (exact) mass is 614 g/mol. The first-order chi connectivity index (χ1) is 18.7. The van der Waals surface area contributed by atoms with Crippen LogP contribution >= 0.6 is 27.3 Å². The molecule has 10 heteroatoms. The number of ether oxygens (including phenoxy) is 4. The molecular formula is C29H31BrN2O6S. The van der Waals surface area contributed by atoms with Gasteiger partial charge in [0.25, 0.3) is 5.56 Å². The molecule has 0 spiro atoms. The Labute approximate surface area is 239 Å². The van der Waals surface area contributed by atoms with Crippen LogP contribution < -0.4 is 29.1 Å². The highest BCUT2D eigenvalue weighted by atomic mass is 79.9. The summed E-state index contributed by atoms with van der Waals surface area (Å²) < 4.78 is 25.7. The van der Waals surface area contributed by atoms with Crippen LogP contribution in [0.5, 0.6) is 17.2 Å². The second-order valence-corrected chi connectivity index (χ2v) is 10.9. The number of nitrogens with zero attached hydrogens (tertiary/aromatic N) is 2. The quantitative estimate of drug-likeness (QED) is 0.323. The molecule has 1 aliphatic heterocycles. The van der Waals surface area contributed by atoms with E-state index in [1.165, 1.54) is 11.3 Å². The van der Waals surface area contributed by atoms with Crippen LogP contribution in [0.25, 0.3) is 6.08 Å². The number of rotatable bonds is 9. The van der Waals surface area contributed by atoms with Crippen molar-refractivity contribution in [1.29, 1.82) is 0 Å². The Hall–Kier alpha value is -3.37. The highest BCUT2D eigenvalue weighted by Crippen LogP contribution is 2.37. The summed E-state index contributed by atoms with van der Waals surface area (Å²) in [6.45, 7) is 9.87. The van der Waals surface area contributed by atoms with E-state index in [2.05, 4.69) is 20.9 Å². The van der Waals surface area contributed by atoms with E-state index in [9.17, 15) is 9.59 Å². The van der Waals surface area contributed by atoms with Crippen LogP contribution in [-0.4, -0.2) is 37.0 Å². The van der Waals surface area contributed by atoms with Crippen molar-refractivity contribution in [3.63, 3.8) is 0 Å². The SMILES string of the molecule is CCOC(=O)C1=C(C)N=c2s/c(=C\c3cc(Br)cc(OC)c3OCC)c(=O)n2[C@H]1c1ccccc1OC(C)C. The van der Waals surface area contributed by atoms with Gasteiger partial charge in [0.2, 0.25) is 0 Å². The number of esters is 1. The van der Waals surface area contributed by atoms with E-state index in [0.29, 0.717) is 55.6 Å². The Morgan fingerprint density at radius 1 is 1.18 bits per heavy atom. The van der Waals surface area contributed by atoms with Gasteiger partial charge in [0, 0.05) is 15.6 Å².